The number of benzene rings is 2. The van der Waals surface area contributed by atoms with Crippen LogP contribution in [0.1, 0.15) is 11.1 Å². The number of halogens is 1. The molecule has 2 aromatic carbocycles. The van der Waals surface area contributed by atoms with Crippen molar-refractivity contribution in [3.63, 3.8) is 0 Å². The Morgan fingerprint density at radius 2 is 1.81 bits per heavy atom. The Morgan fingerprint density at radius 3 is 2.59 bits per heavy atom. The average molecular weight is 513 g/mol. The van der Waals surface area contributed by atoms with Crippen molar-refractivity contribution in [3.8, 4) is 28.3 Å². The van der Waals surface area contributed by atoms with Gasteiger partial charge in [-0.25, -0.2) is 14.6 Å². The smallest absolute Gasteiger partial charge is 0.278 e. The second-order valence-corrected chi connectivity index (χ2v) is 8.91. The fourth-order valence-corrected chi connectivity index (χ4v) is 4.67. The van der Waals surface area contributed by atoms with E-state index in [-0.39, 0.29) is 5.56 Å². The number of rotatable bonds is 6. The Bertz CT molecular complexity index is 1700. The number of nitrogens with two attached hydrogens (primary N) is 1. The number of ether oxygens (including phenoxy) is 1. The van der Waals surface area contributed by atoms with Crippen LogP contribution in [0.3, 0.4) is 0 Å². The van der Waals surface area contributed by atoms with Crippen LogP contribution in [0.2, 0.25) is 5.02 Å². The molecule has 8 nitrogen and oxygen atoms in total. The first-order valence-electron chi connectivity index (χ1n) is 11.6. The van der Waals surface area contributed by atoms with Crippen molar-refractivity contribution in [2.75, 3.05) is 12.4 Å². The standard InChI is InChI=1S/C28H25ClN6O2/c1-16-19(20-7-4-8-21(25(20)29)23-11-10-17(14-30)27(34-23)37-3)6-5-9-22(16)33-26-24-18(12-13-31-26)15-32-35(2)28(24)36/h4-13,15H,14,30H2,1-3H3,(H,31,33). The topological polar surface area (TPSA) is 108 Å². The van der Waals surface area contributed by atoms with Crippen molar-refractivity contribution in [2.45, 2.75) is 13.5 Å². The highest BCUT2D eigenvalue weighted by atomic mass is 35.5. The SMILES string of the molecule is COc1nc(-c2cccc(-c3cccc(Nc4nccc5cnn(C)c(=O)c45)c3C)c2Cl)ccc1CN. The Balaban J connectivity index is 1.58. The summed E-state index contributed by atoms with van der Waals surface area (Å²) in [6, 6.07) is 17.3. The third kappa shape index (κ3) is 4.41. The number of methoxy groups -OCH3 is 1. The van der Waals surface area contributed by atoms with Gasteiger partial charge in [0.2, 0.25) is 5.88 Å². The van der Waals surface area contributed by atoms with E-state index in [1.165, 1.54) is 4.68 Å². The summed E-state index contributed by atoms with van der Waals surface area (Å²) in [6.07, 6.45) is 3.31. The van der Waals surface area contributed by atoms with Crippen LogP contribution in [-0.4, -0.2) is 26.9 Å². The number of fused-ring (bicyclic) bond motifs is 1. The summed E-state index contributed by atoms with van der Waals surface area (Å²) < 4.78 is 6.71. The molecular weight excluding hydrogens is 488 g/mol. The first kappa shape index (κ1) is 24.4. The molecule has 9 heteroatoms. The maximum Gasteiger partial charge on any atom is 0.278 e. The van der Waals surface area contributed by atoms with Crippen LogP contribution < -0.4 is 21.3 Å². The molecule has 0 bridgehead atoms. The molecule has 5 aromatic rings. The van der Waals surface area contributed by atoms with Gasteiger partial charge in [0.15, 0.2) is 0 Å². The van der Waals surface area contributed by atoms with E-state index in [1.54, 1.807) is 32.6 Å². The maximum absolute atomic E-state index is 12.8. The van der Waals surface area contributed by atoms with Gasteiger partial charge in [0.25, 0.3) is 5.56 Å². The Labute approximate surface area is 218 Å². The summed E-state index contributed by atoms with van der Waals surface area (Å²) in [6.45, 7) is 2.33. The van der Waals surface area contributed by atoms with Crippen molar-refractivity contribution in [2.24, 2.45) is 12.8 Å². The second kappa shape index (κ2) is 10.0. The van der Waals surface area contributed by atoms with Gasteiger partial charge in [-0.1, -0.05) is 48.0 Å². The van der Waals surface area contributed by atoms with Gasteiger partial charge in [-0.05, 0) is 36.2 Å². The van der Waals surface area contributed by atoms with Gasteiger partial charge in [-0.15, -0.1) is 0 Å². The molecule has 3 N–H and O–H groups in total. The van der Waals surface area contributed by atoms with E-state index >= 15 is 0 Å². The third-order valence-corrected chi connectivity index (χ3v) is 6.77. The Morgan fingerprint density at radius 1 is 1.05 bits per heavy atom. The number of anilines is 2. The number of hydrogen-bond donors (Lipinski definition) is 2. The minimum absolute atomic E-state index is 0.221. The molecule has 0 aliphatic heterocycles. The van der Waals surface area contributed by atoms with Crippen LogP contribution in [0.5, 0.6) is 5.88 Å². The van der Waals surface area contributed by atoms with Crippen molar-refractivity contribution in [3.05, 3.63) is 93.5 Å². The van der Waals surface area contributed by atoms with Crippen molar-refractivity contribution in [1.29, 1.82) is 0 Å². The largest absolute Gasteiger partial charge is 0.481 e. The molecule has 0 aliphatic rings. The van der Waals surface area contributed by atoms with E-state index in [0.717, 1.165) is 33.5 Å². The van der Waals surface area contributed by atoms with Crippen molar-refractivity contribution < 1.29 is 4.74 Å². The number of hydrogen-bond acceptors (Lipinski definition) is 7. The minimum atomic E-state index is -0.221. The lowest BCUT2D eigenvalue weighted by atomic mass is 9.96. The molecule has 3 aromatic heterocycles. The molecule has 186 valence electrons. The molecule has 37 heavy (non-hydrogen) atoms. The van der Waals surface area contributed by atoms with Gasteiger partial charge in [-0.2, -0.15) is 5.10 Å². The van der Waals surface area contributed by atoms with E-state index < -0.39 is 0 Å². The number of nitrogens with zero attached hydrogens (tertiary/aromatic N) is 4. The van der Waals surface area contributed by atoms with Crippen LogP contribution in [-0.2, 0) is 13.6 Å². The average Bonchev–Trinajstić information content (AvgIpc) is 2.92. The zero-order valence-corrected chi connectivity index (χ0v) is 21.4. The maximum atomic E-state index is 12.8. The lowest BCUT2D eigenvalue weighted by Gasteiger charge is -2.16. The van der Waals surface area contributed by atoms with Crippen LogP contribution in [0, 0.1) is 6.92 Å². The highest BCUT2D eigenvalue weighted by molar-refractivity contribution is 6.36. The normalized spacial score (nSPS) is 11.1. The molecule has 0 spiro atoms. The van der Waals surface area contributed by atoms with Crippen LogP contribution >= 0.6 is 11.6 Å². The number of pyridine rings is 2. The number of aryl methyl sites for hydroxylation is 1. The predicted molar refractivity (Wildman–Crippen MR) is 147 cm³/mol. The van der Waals surface area contributed by atoms with Crippen LogP contribution in [0.15, 0.2) is 71.8 Å². The first-order valence-corrected chi connectivity index (χ1v) is 12.0. The van der Waals surface area contributed by atoms with Gasteiger partial charge in [0, 0.05) is 47.6 Å². The van der Waals surface area contributed by atoms with Crippen LogP contribution in [0.4, 0.5) is 11.5 Å². The summed E-state index contributed by atoms with van der Waals surface area (Å²) in [4.78, 5) is 21.9. The predicted octanol–water partition coefficient (Wildman–Crippen LogP) is 5.23. The lowest BCUT2D eigenvalue weighted by molar-refractivity contribution is 0.393. The van der Waals surface area contributed by atoms with Crippen molar-refractivity contribution >= 4 is 33.9 Å². The Hall–Kier alpha value is -4.27. The van der Waals surface area contributed by atoms with Gasteiger partial charge in [0.05, 0.1) is 29.4 Å². The second-order valence-electron chi connectivity index (χ2n) is 8.54. The van der Waals surface area contributed by atoms with Crippen LogP contribution in [0.25, 0.3) is 33.2 Å². The monoisotopic (exact) mass is 512 g/mol. The lowest BCUT2D eigenvalue weighted by Crippen LogP contribution is -2.20. The van der Waals surface area contributed by atoms with E-state index in [9.17, 15) is 4.79 Å². The molecule has 0 radical (unpaired) electrons. The molecule has 0 atom stereocenters. The molecule has 0 saturated carbocycles. The summed E-state index contributed by atoms with van der Waals surface area (Å²) in [5, 5.41) is 9.22. The van der Waals surface area contributed by atoms with Gasteiger partial charge in [-0.3, -0.25) is 4.79 Å². The molecule has 0 fully saturated rings. The minimum Gasteiger partial charge on any atom is -0.481 e. The zero-order valence-electron chi connectivity index (χ0n) is 20.6. The fraction of sp³-hybridized carbons (Fsp3) is 0.143. The quantitative estimate of drug-likeness (QED) is 0.320. The molecular formula is C28H25ClN6O2. The van der Waals surface area contributed by atoms with Gasteiger partial charge in [0.1, 0.15) is 5.82 Å². The number of nitrogens with one attached hydrogen (secondary N) is 1. The molecule has 3 heterocycles. The van der Waals surface area contributed by atoms with E-state index in [2.05, 4.69) is 20.4 Å². The molecule has 5 rings (SSSR count). The summed E-state index contributed by atoms with van der Waals surface area (Å²) in [5.74, 6) is 0.949. The van der Waals surface area contributed by atoms with E-state index in [4.69, 9.17) is 22.1 Å². The van der Waals surface area contributed by atoms with Crippen molar-refractivity contribution in [1.82, 2.24) is 19.7 Å². The number of aromatic nitrogens is 4. The highest BCUT2D eigenvalue weighted by Crippen LogP contribution is 2.39. The molecule has 0 aliphatic carbocycles. The van der Waals surface area contributed by atoms with Gasteiger partial charge < -0.3 is 15.8 Å². The molecule has 0 amide bonds. The summed E-state index contributed by atoms with van der Waals surface area (Å²) >= 11 is 6.96. The third-order valence-electron chi connectivity index (χ3n) is 6.37. The zero-order chi connectivity index (χ0) is 26.1. The van der Waals surface area contributed by atoms with Gasteiger partial charge >= 0.3 is 0 Å². The van der Waals surface area contributed by atoms with E-state index in [1.807, 2.05) is 55.5 Å². The van der Waals surface area contributed by atoms with E-state index in [0.29, 0.717) is 39.7 Å². The highest BCUT2D eigenvalue weighted by Gasteiger charge is 2.17. The fourth-order valence-electron chi connectivity index (χ4n) is 4.35. The summed E-state index contributed by atoms with van der Waals surface area (Å²) in [5.41, 5.74) is 11.4. The first-order chi connectivity index (χ1) is 17.9. The molecule has 0 saturated heterocycles. The summed E-state index contributed by atoms with van der Waals surface area (Å²) in [7, 11) is 3.19. The molecule has 0 unspecified atom stereocenters. The Kier molecular flexibility index (Phi) is 6.60.